The highest BCUT2D eigenvalue weighted by molar-refractivity contribution is 5.47. The molecule has 1 aromatic carbocycles. The van der Waals surface area contributed by atoms with Crippen molar-refractivity contribution in [1.29, 1.82) is 0 Å². The van der Waals surface area contributed by atoms with Crippen molar-refractivity contribution < 1.29 is 0 Å². The fourth-order valence-electron chi connectivity index (χ4n) is 1.93. The molecular formula is C14H19N3. The first-order chi connectivity index (χ1) is 8.16. The van der Waals surface area contributed by atoms with Crippen LogP contribution in [0.3, 0.4) is 0 Å². The van der Waals surface area contributed by atoms with E-state index < -0.39 is 0 Å². The zero-order chi connectivity index (χ0) is 12.3. The predicted octanol–water partition coefficient (Wildman–Crippen LogP) is 3.13. The second-order valence-electron chi connectivity index (χ2n) is 4.55. The van der Waals surface area contributed by atoms with Gasteiger partial charge in [-0.1, -0.05) is 18.2 Å². The molecule has 0 radical (unpaired) electrons. The van der Waals surface area contributed by atoms with E-state index >= 15 is 0 Å². The van der Waals surface area contributed by atoms with Crippen LogP contribution in [0.4, 0.5) is 5.69 Å². The minimum Gasteiger partial charge on any atom is -0.363 e. The first-order valence-corrected chi connectivity index (χ1v) is 5.99. The molecule has 0 aliphatic carbocycles. The predicted molar refractivity (Wildman–Crippen MR) is 71.1 cm³/mol. The van der Waals surface area contributed by atoms with Crippen LogP contribution in [0, 0.1) is 6.92 Å². The minimum absolute atomic E-state index is 0.459. The van der Waals surface area contributed by atoms with Gasteiger partial charge < -0.3 is 9.88 Å². The highest BCUT2D eigenvalue weighted by atomic mass is 15.2. The number of aromatic nitrogens is 2. The highest BCUT2D eigenvalue weighted by Crippen LogP contribution is 2.18. The van der Waals surface area contributed by atoms with Crippen LogP contribution >= 0.6 is 0 Å². The molecule has 2 aromatic rings. The maximum absolute atomic E-state index is 4.24. The van der Waals surface area contributed by atoms with Crippen LogP contribution in [0.25, 0.3) is 0 Å². The summed E-state index contributed by atoms with van der Waals surface area (Å²) in [5.74, 6) is 0.969. The van der Waals surface area contributed by atoms with Gasteiger partial charge in [-0.15, -0.1) is 0 Å². The van der Waals surface area contributed by atoms with Gasteiger partial charge in [0.1, 0.15) is 5.82 Å². The molecule has 2 rings (SSSR count). The van der Waals surface area contributed by atoms with Crippen LogP contribution in [-0.4, -0.2) is 16.0 Å². The summed E-state index contributed by atoms with van der Waals surface area (Å²) < 4.78 is 0. The Morgan fingerprint density at radius 2 is 1.94 bits per heavy atom. The fourth-order valence-corrected chi connectivity index (χ4v) is 1.93. The number of nitrogens with zero attached hydrogens (tertiary/aromatic N) is 2. The van der Waals surface area contributed by atoms with Crippen LogP contribution in [-0.2, 0) is 6.54 Å². The molecule has 1 aromatic heterocycles. The Labute approximate surface area is 103 Å². The Bertz CT molecular complexity index is 459. The average molecular weight is 229 g/mol. The number of hydrogen-bond donors (Lipinski definition) is 1. The molecule has 0 saturated carbocycles. The largest absolute Gasteiger partial charge is 0.363 e. The van der Waals surface area contributed by atoms with Gasteiger partial charge in [-0.25, -0.2) is 4.98 Å². The summed E-state index contributed by atoms with van der Waals surface area (Å²) in [6.45, 7) is 7.25. The smallest absolute Gasteiger partial charge is 0.103 e. The van der Waals surface area contributed by atoms with Crippen molar-refractivity contribution in [2.24, 2.45) is 0 Å². The maximum atomic E-state index is 4.24. The summed E-state index contributed by atoms with van der Waals surface area (Å²) in [4.78, 5) is 9.87. The molecule has 1 heterocycles. The van der Waals surface area contributed by atoms with Gasteiger partial charge in [-0.3, -0.25) is 0 Å². The zero-order valence-corrected chi connectivity index (χ0v) is 10.6. The molecule has 17 heavy (non-hydrogen) atoms. The first-order valence-electron chi connectivity index (χ1n) is 5.99. The number of hydrogen-bond acceptors (Lipinski definition) is 2. The van der Waals surface area contributed by atoms with Crippen molar-refractivity contribution in [3.05, 3.63) is 48.0 Å². The molecule has 0 fully saturated rings. The van der Waals surface area contributed by atoms with E-state index in [1.165, 1.54) is 5.69 Å². The van der Waals surface area contributed by atoms with Crippen molar-refractivity contribution >= 4 is 5.69 Å². The number of imidazole rings is 1. The van der Waals surface area contributed by atoms with E-state index in [2.05, 4.69) is 53.0 Å². The maximum Gasteiger partial charge on any atom is 0.103 e. The van der Waals surface area contributed by atoms with Crippen molar-refractivity contribution in [1.82, 2.24) is 9.97 Å². The number of H-pyrrole nitrogens is 1. The fraction of sp³-hybridized carbons (Fsp3) is 0.357. The van der Waals surface area contributed by atoms with Crippen LogP contribution in [0.15, 0.2) is 36.5 Å². The quantitative estimate of drug-likeness (QED) is 0.873. The van der Waals surface area contributed by atoms with Crippen LogP contribution in [0.1, 0.15) is 25.4 Å². The van der Waals surface area contributed by atoms with E-state index in [0.29, 0.717) is 6.04 Å². The summed E-state index contributed by atoms with van der Waals surface area (Å²) in [6.07, 6.45) is 1.91. The summed E-state index contributed by atoms with van der Waals surface area (Å²) >= 11 is 0. The van der Waals surface area contributed by atoms with E-state index in [-0.39, 0.29) is 0 Å². The van der Waals surface area contributed by atoms with Gasteiger partial charge in [-0.05, 0) is 32.9 Å². The average Bonchev–Trinajstić information content (AvgIpc) is 2.73. The molecule has 0 spiro atoms. The molecule has 90 valence electrons. The minimum atomic E-state index is 0.459. The van der Waals surface area contributed by atoms with Crippen LogP contribution in [0.5, 0.6) is 0 Å². The van der Waals surface area contributed by atoms with E-state index in [0.717, 1.165) is 18.1 Å². The number of para-hydroxylation sites is 1. The number of benzene rings is 1. The molecule has 0 unspecified atom stereocenters. The van der Waals surface area contributed by atoms with Gasteiger partial charge in [0.05, 0.1) is 18.4 Å². The lowest BCUT2D eigenvalue weighted by Gasteiger charge is -2.28. The van der Waals surface area contributed by atoms with Crippen molar-refractivity contribution in [3.8, 4) is 0 Å². The van der Waals surface area contributed by atoms with Crippen molar-refractivity contribution in [3.63, 3.8) is 0 Å². The standard InChI is InChI=1S/C14H19N3/c1-11(2)17(14-7-5-4-6-8-14)10-13-9-15-12(3)16-13/h4-9,11H,10H2,1-3H3,(H,15,16). The number of anilines is 1. The molecule has 0 aliphatic heterocycles. The second kappa shape index (κ2) is 5.04. The van der Waals surface area contributed by atoms with E-state index in [4.69, 9.17) is 0 Å². The summed E-state index contributed by atoms with van der Waals surface area (Å²) in [6, 6.07) is 10.9. The normalized spacial score (nSPS) is 10.8. The van der Waals surface area contributed by atoms with Crippen molar-refractivity contribution in [2.75, 3.05) is 4.90 Å². The molecule has 0 amide bonds. The van der Waals surface area contributed by atoms with Crippen molar-refractivity contribution in [2.45, 2.75) is 33.4 Å². The Morgan fingerprint density at radius 1 is 1.24 bits per heavy atom. The zero-order valence-electron chi connectivity index (χ0n) is 10.6. The third-order valence-electron chi connectivity index (χ3n) is 2.81. The van der Waals surface area contributed by atoms with E-state index in [1.807, 2.05) is 19.2 Å². The molecule has 0 aliphatic rings. The molecular weight excluding hydrogens is 210 g/mol. The third-order valence-corrected chi connectivity index (χ3v) is 2.81. The van der Waals surface area contributed by atoms with Crippen LogP contribution in [0.2, 0.25) is 0 Å². The number of aromatic amines is 1. The van der Waals surface area contributed by atoms with Crippen LogP contribution < -0.4 is 4.90 Å². The van der Waals surface area contributed by atoms with E-state index in [9.17, 15) is 0 Å². The van der Waals surface area contributed by atoms with Gasteiger partial charge in [0.2, 0.25) is 0 Å². The summed E-state index contributed by atoms with van der Waals surface area (Å²) in [7, 11) is 0. The first kappa shape index (κ1) is 11.7. The topological polar surface area (TPSA) is 31.9 Å². The van der Waals surface area contributed by atoms with Gasteiger partial charge in [-0.2, -0.15) is 0 Å². The van der Waals surface area contributed by atoms with E-state index in [1.54, 1.807) is 0 Å². The molecule has 1 N–H and O–H groups in total. The van der Waals surface area contributed by atoms with Gasteiger partial charge in [0.25, 0.3) is 0 Å². The number of aryl methyl sites for hydroxylation is 1. The number of nitrogens with one attached hydrogen (secondary N) is 1. The summed E-state index contributed by atoms with van der Waals surface area (Å²) in [5.41, 5.74) is 2.40. The molecule has 3 heteroatoms. The Morgan fingerprint density at radius 3 is 2.47 bits per heavy atom. The van der Waals surface area contributed by atoms with Gasteiger partial charge in [0, 0.05) is 11.7 Å². The molecule has 3 nitrogen and oxygen atoms in total. The lowest BCUT2D eigenvalue weighted by molar-refractivity contribution is 0.675. The highest BCUT2D eigenvalue weighted by Gasteiger charge is 2.11. The SMILES string of the molecule is Cc1ncc(CN(c2ccccc2)C(C)C)[nH]1. The summed E-state index contributed by atoms with van der Waals surface area (Å²) in [5, 5.41) is 0. The Kier molecular flexibility index (Phi) is 3.47. The third kappa shape index (κ3) is 2.87. The molecule has 0 bridgehead atoms. The monoisotopic (exact) mass is 229 g/mol. The lowest BCUT2D eigenvalue weighted by Crippen LogP contribution is -2.30. The Hall–Kier alpha value is -1.77. The Balaban J connectivity index is 2.19. The second-order valence-corrected chi connectivity index (χ2v) is 4.55. The molecule has 0 saturated heterocycles. The number of rotatable bonds is 4. The lowest BCUT2D eigenvalue weighted by atomic mass is 10.2. The van der Waals surface area contributed by atoms with Gasteiger partial charge in [0.15, 0.2) is 0 Å². The van der Waals surface area contributed by atoms with Gasteiger partial charge >= 0.3 is 0 Å². The molecule has 0 atom stereocenters.